The maximum atomic E-state index is 12.8. The van der Waals surface area contributed by atoms with Crippen molar-refractivity contribution in [2.45, 2.75) is 6.54 Å². The smallest absolute Gasteiger partial charge is 0.289 e. The Hall–Kier alpha value is -3.73. The molecule has 30 heavy (non-hydrogen) atoms. The number of ether oxygens (including phenoxy) is 2. The first-order valence-corrected chi connectivity index (χ1v) is 9.25. The molecule has 0 atom stereocenters. The van der Waals surface area contributed by atoms with E-state index >= 15 is 0 Å². The minimum absolute atomic E-state index is 0.144. The van der Waals surface area contributed by atoms with E-state index in [1.807, 2.05) is 18.2 Å². The van der Waals surface area contributed by atoms with Crippen LogP contribution in [-0.4, -0.2) is 58.5 Å². The Morgan fingerprint density at radius 1 is 0.933 bits per heavy atom. The SMILES string of the molecule is O=C(c1ccc([N+](=O)[O-])cc1[N+](=O)[O-])N1CCN(Cc2ccc3c(c2)OCO3)CC1. The highest BCUT2D eigenvalue weighted by Crippen LogP contribution is 2.33. The zero-order valence-corrected chi connectivity index (χ0v) is 15.9. The number of benzene rings is 2. The van der Waals surface area contributed by atoms with Crippen molar-refractivity contribution >= 4 is 17.3 Å². The molecule has 2 aliphatic heterocycles. The van der Waals surface area contributed by atoms with Crippen LogP contribution in [0.2, 0.25) is 0 Å². The predicted molar refractivity (Wildman–Crippen MR) is 103 cm³/mol. The lowest BCUT2D eigenvalue weighted by Gasteiger charge is -2.34. The minimum Gasteiger partial charge on any atom is -0.454 e. The summed E-state index contributed by atoms with van der Waals surface area (Å²) < 4.78 is 10.7. The standard InChI is InChI=1S/C19H18N4O7/c24-19(15-3-2-14(22(25)26)10-16(15)23(27)28)21-7-5-20(6-8-21)11-13-1-4-17-18(9-13)30-12-29-17/h1-4,9-10H,5-8,11-12H2. The number of carbonyl (C=O) groups is 1. The van der Waals surface area contributed by atoms with Crippen molar-refractivity contribution in [3.8, 4) is 11.5 Å². The highest BCUT2D eigenvalue weighted by molar-refractivity contribution is 5.98. The summed E-state index contributed by atoms with van der Waals surface area (Å²) in [7, 11) is 0. The van der Waals surface area contributed by atoms with Gasteiger partial charge < -0.3 is 14.4 Å². The molecule has 0 bridgehead atoms. The molecule has 0 saturated carbocycles. The van der Waals surface area contributed by atoms with Crippen molar-refractivity contribution in [1.82, 2.24) is 9.80 Å². The number of carbonyl (C=O) groups excluding carboxylic acids is 1. The van der Waals surface area contributed by atoms with Crippen molar-refractivity contribution in [3.63, 3.8) is 0 Å². The van der Waals surface area contributed by atoms with Gasteiger partial charge in [-0.05, 0) is 23.8 Å². The number of hydrogen-bond donors (Lipinski definition) is 0. The summed E-state index contributed by atoms with van der Waals surface area (Å²) in [5.41, 5.74) is -0.0661. The highest BCUT2D eigenvalue weighted by atomic mass is 16.7. The average molecular weight is 414 g/mol. The Balaban J connectivity index is 1.41. The highest BCUT2D eigenvalue weighted by Gasteiger charge is 2.29. The first-order chi connectivity index (χ1) is 14.4. The molecule has 11 heteroatoms. The van der Waals surface area contributed by atoms with E-state index < -0.39 is 27.1 Å². The molecule has 156 valence electrons. The molecule has 0 spiro atoms. The number of nitrogens with zero attached hydrogens (tertiary/aromatic N) is 4. The lowest BCUT2D eigenvalue weighted by Crippen LogP contribution is -2.48. The Labute approximate surface area is 170 Å². The van der Waals surface area contributed by atoms with Crippen LogP contribution in [0.1, 0.15) is 15.9 Å². The Morgan fingerprint density at radius 3 is 2.37 bits per heavy atom. The Kier molecular flexibility index (Phi) is 5.19. The van der Waals surface area contributed by atoms with E-state index in [2.05, 4.69) is 4.90 Å². The van der Waals surface area contributed by atoms with E-state index in [1.165, 1.54) is 4.90 Å². The molecule has 2 aromatic rings. The van der Waals surface area contributed by atoms with Crippen molar-refractivity contribution in [3.05, 3.63) is 67.8 Å². The number of nitro benzene ring substituents is 2. The molecule has 4 rings (SSSR count). The second kappa shape index (κ2) is 7.95. The molecule has 0 unspecified atom stereocenters. The molecule has 0 N–H and O–H groups in total. The van der Waals surface area contributed by atoms with Gasteiger partial charge in [0.15, 0.2) is 11.5 Å². The first-order valence-electron chi connectivity index (χ1n) is 9.25. The van der Waals surface area contributed by atoms with Gasteiger partial charge in [0.2, 0.25) is 6.79 Å². The average Bonchev–Trinajstić information content (AvgIpc) is 3.21. The topological polar surface area (TPSA) is 128 Å². The van der Waals surface area contributed by atoms with Crippen LogP contribution in [-0.2, 0) is 6.54 Å². The lowest BCUT2D eigenvalue weighted by atomic mass is 10.1. The van der Waals surface area contributed by atoms with Crippen LogP contribution in [0.15, 0.2) is 36.4 Å². The molecule has 0 aromatic heterocycles. The van der Waals surface area contributed by atoms with Gasteiger partial charge in [0.1, 0.15) is 5.56 Å². The number of amides is 1. The van der Waals surface area contributed by atoms with E-state index in [-0.39, 0.29) is 12.4 Å². The number of rotatable bonds is 5. The van der Waals surface area contributed by atoms with Gasteiger partial charge in [0.25, 0.3) is 17.3 Å². The number of hydrogen-bond acceptors (Lipinski definition) is 8. The molecule has 0 aliphatic carbocycles. The van der Waals surface area contributed by atoms with E-state index in [0.29, 0.717) is 38.5 Å². The molecule has 11 nitrogen and oxygen atoms in total. The van der Waals surface area contributed by atoms with Crippen molar-refractivity contribution in [2.75, 3.05) is 33.0 Å². The summed E-state index contributed by atoms with van der Waals surface area (Å²) in [6.45, 7) is 2.89. The summed E-state index contributed by atoms with van der Waals surface area (Å²) in [4.78, 5) is 37.2. The molecule has 1 saturated heterocycles. The van der Waals surface area contributed by atoms with Gasteiger partial charge in [0, 0.05) is 38.8 Å². The third-order valence-corrected chi connectivity index (χ3v) is 5.12. The molecule has 1 fully saturated rings. The van der Waals surface area contributed by atoms with Crippen LogP contribution in [0.4, 0.5) is 11.4 Å². The van der Waals surface area contributed by atoms with Gasteiger partial charge in [-0.2, -0.15) is 0 Å². The van der Waals surface area contributed by atoms with Crippen LogP contribution >= 0.6 is 0 Å². The van der Waals surface area contributed by atoms with Gasteiger partial charge in [-0.3, -0.25) is 29.9 Å². The van der Waals surface area contributed by atoms with Crippen molar-refractivity contribution in [2.24, 2.45) is 0 Å². The molecule has 2 heterocycles. The zero-order chi connectivity index (χ0) is 21.3. The van der Waals surface area contributed by atoms with Crippen LogP contribution in [0.3, 0.4) is 0 Å². The van der Waals surface area contributed by atoms with Crippen molar-refractivity contribution < 1.29 is 24.1 Å². The van der Waals surface area contributed by atoms with Gasteiger partial charge in [0.05, 0.1) is 15.9 Å². The summed E-state index contributed by atoms with van der Waals surface area (Å²) in [5.74, 6) is 0.935. The van der Waals surface area contributed by atoms with Gasteiger partial charge in [-0.25, -0.2) is 0 Å². The fourth-order valence-corrected chi connectivity index (χ4v) is 3.54. The summed E-state index contributed by atoms with van der Waals surface area (Å²) in [6.07, 6.45) is 0. The van der Waals surface area contributed by atoms with Crippen molar-refractivity contribution in [1.29, 1.82) is 0 Å². The fourth-order valence-electron chi connectivity index (χ4n) is 3.54. The maximum absolute atomic E-state index is 12.8. The quantitative estimate of drug-likeness (QED) is 0.538. The maximum Gasteiger partial charge on any atom is 0.289 e. The lowest BCUT2D eigenvalue weighted by molar-refractivity contribution is -0.394. The molecule has 2 aromatic carbocycles. The van der Waals surface area contributed by atoms with Gasteiger partial charge >= 0.3 is 0 Å². The van der Waals surface area contributed by atoms with E-state index in [9.17, 15) is 25.0 Å². The monoisotopic (exact) mass is 414 g/mol. The third-order valence-electron chi connectivity index (χ3n) is 5.12. The number of fused-ring (bicyclic) bond motifs is 1. The summed E-state index contributed by atoms with van der Waals surface area (Å²) >= 11 is 0. The van der Waals surface area contributed by atoms with Crippen LogP contribution in [0.5, 0.6) is 11.5 Å². The molecule has 1 amide bonds. The fraction of sp³-hybridized carbons (Fsp3) is 0.316. The number of piperazine rings is 1. The van der Waals surface area contributed by atoms with Crippen LogP contribution in [0.25, 0.3) is 0 Å². The number of nitro groups is 2. The molecule has 2 aliphatic rings. The van der Waals surface area contributed by atoms with E-state index in [1.54, 1.807) is 0 Å². The zero-order valence-electron chi connectivity index (χ0n) is 15.9. The Morgan fingerprint density at radius 2 is 1.67 bits per heavy atom. The summed E-state index contributed by atoms with van der Waals surface area (Å²) in [6, 6.07) is 8.84. The molecular formula is C19H18N4O7. The normalized spacial score (nSPS) is 15.8. The predicted octanol–water partition coefficient (Wildman–Crippen LogP) is 2.19. The minimum atomic E-state index is -0.768. The number of non-ortho nitro benzene ring substituents is 1. The van der Waals surface area contributed by atoms with E-state index in [4.69, 9.17) is 9.47 Å². The third kappa shape index (κ3) is 3.87. The molecular weight excluding hydrogens is 396 g/mol. The second-order valence-electron chi connectivity index (χ2n) is 6.97. The molecule has 0 radical (unpaired) electrons. The van der Waals surface area contributed by atoms with Gasteiger partial charge in [-0.1, -0.05) is 6.07 Å². The Bertz CT molecular complexity index is 1020. The first kappa shape index (κ1) is 19.6. The largest absolute Gasteiger partial charge is 0.454 e. The van der Waals surface area contributed by atoms with E-state index in [0.717, 1.165) is 29.5 Å². The van der Waals surface area contributed by atoms with Gasteiger partial charge in [-0.15, -0.1) is 0 Å². The summed E-state index contributed by atoms with van der Waals surface area (Å²) in [5, 5.41) is 22.2. The second-order valence-corrected chi connectivity index (χ2v) is 6.97. The van der Waals surface area contributed by atoms with Crippen LogP contribution in [0, 0.1) is 20.2 Å². The van der Waals surface area contributed by atoms with Crippen LogP contribution < -0.4 is 9.47 Å².